The van der Waals surface area contributed by atoms with Gasteiger partial charge in [0.25, 0.3) is 10.0 Å². The molecule has 0 saturated carbocycles. The quantitative estimate of drug-likeness (QED) is 0.427. The lowest BCUT2D eigenvalue weighted by atomic mass is 10.1. The second-order valence-electron chi connectivity index (χ2n) is 8.05. The highest BCUT2D eigenvalue weighted by Crippen LogP contribution is 2.26. The van der Waals surface area contributed by atoms with E-state index in [1.807, 2.05) is 37.3 Å². The highest BCUT2D eigenvalue weighted by molar-refractivity contribution is 7.92. The molecule has 2 amide bonds. The Hall–Kier alpha value is -3.85. The number of nitrogens with one attached hydrogen (secondary N) is 1. The zero-order valence-electron chi connectivity index (χ0n) is 20.6. The smallest absolute Gasteiger partial charge is 0.264 e. The molecular weight excluding hydrogens is 478 g/mol. The Kier molecular flexibility index (Phi) is 9.08. The molecule has 0 radical (unpaired) electrons. The van der Waals surface area contributed by atoms with Crippen LogP contribution in [0.5, 0.6) is 5.75 Å². The van der Waals surface area contributed by atoms with Crippen molar-refractivity contribution in [3.8, 4) is 5.75 Å². The number of amides is 2. The molecular formula is C27H31N3O5S. The first kappa shape index (κ1) is 26.7. The van der Waals surface area contributed by atoms with Crippen LogP contribution >= 0.6 is 0 Å². The molecule has 3 aromatic carbocycles. The number of likely N-dealkylation sites (N-methyl/N-ethyl adjacent to an activating group) is 1. The van der Waals surface area contributed by atoms with Gasteiger partial charge < -0.3 is 15.0 Å². The van der Waals surface area contributed by atoms with Crippen molar-refractivity contribution < 1.29 is 22.7 Å². The molecule has 0 aromatic heterocycles. The van der Waals surface area contributed by atoms with Crippen LogP contribution in [0.25, 0.3) is 0 Å². The van der Waals surface area contributed by atoms with Crippen LogP contribution in [-0.4, -0.2) is 51.4 Å². The van der Waals surface area contributed by atoms with E-state index < -0.39 is 28.5 Å². The molecule has 8 nitrogen and oxygen atoms in total. The lowest BCUT2D eigenvalue weighted by Crippen LogP contribution is -2.50. The number of carbonyl (C=O) groups excluding carboxylic acids is 2. The van der Waals surface area contributed by atoms with E-state index in [1.165, 1.54) is 24.1 Å². The number of carbonyl (C=O) groups is 2. The van der Waals surface area contributed by atoms with Crippen molar-refractivity contribution in [2.45, 2.75) is 31.3 Å². The number of hydrogen-bond donors (Lipinski definition) is 1. The first-order chi connectivity index (χ1) is 17.3. The number of ether oxygens (including phenoxy) is 1. The summed E-state index contributed by atoms with van der Waals surface area (Å²) < 4.78 is 33.9. The average molecular weight is 510 g/mol. The van der Waals surface area contributed by atoms with Gasteiger partial charge >= 0.3 is 0 Å². The van der Waals surface area contributed by atoms with Crippen LogP contribution in [0.15, 0.2) is 89.8 Å². The summed E-state index contributed by atoms with van der Waals surface area (Å²) in [4.78, 5) is 27.6. The van der Waals surface area contributed by atoms with E-state index in [0.717, 1.165) is 9.87 Å². The number of sulfonamides is 1. The fourth-order valence-electron chi connectivity index (χ4n) is 3.70. The molecule has 0 unspecified atom stereocenters. The Morgan fingerprint density at radius 1 is 0.917 bits per heavy atom. The van der Waals surface area contributed by atoms with Gasteiger partial charge in [0.2, 0.25) is 11.8 Å². The normalized spacial score (nSPS) is 11.9. The van der Waals surface area contributed by atoms with Crippen molar-refractivity contribution in [3.05, 3.63) is 90.5 Å². The molecule has 36 heavy (non-hydrogen) atoms. The van der Waals surface area contributed by atoms with Gasteiger partial charge in [0.15, 0.2) is 0 Å². The highest BCUT2D eigenvalue weighted by atomic mass is 32.2. The molecule has 1 atom stereocenters. The van der Waals surface area contributed by atoms with E-state index in [0.29, 0.717) is 18.0 Å². The van der Waals surface area contributed by atoms with Crippen molar-refractivity contribution >= 4 is 27.5 Å². The zero-order valence-corrected chi connectivity index (χ0v) is 21.4. The molecule has 0 aliphatic heterocycles. The minimum Gasteiger partial charge on any atom is -0.494 e. The molecule has 3 aromatic rings. The summed E-state index contributed by atoms with van der Waals surface area (Å²) in [6.07, 6.45) is 0. The summed E-state index contributed by atoms with van der Waals surface area (Å²) in [6, 6.07) is 22.9. The number of hydrogen-bond acceptors (Lipinski definition) is 5. The van der Waals surface area contributed by atoms with Crippen molar-refractivity contribution in [1.82, 2.24) is 10.2 Å². The van der Waals surface area contributed by atoms with Gasteiger partial charge in [-0.3, -0.25) is 13.9 Å². The minimum absolute atomic E-state index is 0.0562. The van der Waals surface area contributed by atoms with Crippen LogP contribution in [0.3, 0.4) is 0 Å². The SMILES string of the molecule is CCOc1ccc(N(CC(=O)N(Cc2ccccc2)[C@H](C)C(=O)NC)S(=O)(=O)c2ccccc2)cc1. The predicted molar refractivity (Wildman–Crippen MR) is 139 cm³/mol. The summed E-state index contributed by atoms with van der Waals surface area (Å²) in [5.74, 6) is -0.273. The Bertz CT molecular complexity index is 1250. The third-order valence-corrected chi connectivity index (χ3v) is 7.44. The largest absolute Gasteiger partial charge is 0.494 e. The summed E-state index contributed by atoms with van der Waals surface area (Å²) in [6.45, 7) is 3.60. The number of rotatable bonds is 11. The molecule has 0 bridgehead atoms. The van der Waals surface area contributed by atoms with Crippen LogP contribution in [0.1, 0.15) is 19.4 Å². The maximum absolute atomic E-state index is 13.7. The number of nitrogens with zero attached hydrogens (tertiary/aromatic N) is 2. The lowest BCUT2D eigenvalue weighted by molar-refractivity contribution is -0.139. The summed E-state index contributed by atoms with van der Waals surface area (Å²) in [5.41, 5.74) is 1.13. The molecule has 0 aliphatic carbocycles. The Morgan fingerprint density at radius 3 is 2.06 bits per heavy atom. The Labute approximate surface area is 212 Å². The Morgan fingerprint density at radius 2 is 1.50 bits per heavy atom. The second kappa shape index (κ2) is 12.2. The van der Waals surface area contributed by atoms with Gasteiger partial charge in [-0.05, 0) is 55.8 Å². The topological polar surface area (TPSA) is 96.0 Å². The molecule has 9 heteroatoms. The highest BCUT2D eigenvalue weighted by Gasteiger charge is 2.32. The van der Waals surface area contributed by atoms with Crippen LogP contribution < -0.4 is 14.4 Å². The van der Waals surface area contributed by atoms with Gasteiger partial charge in [-0.1, -0.05) is 48.5 Å². The number of anilines is 1. The monoisotopic (exact) mass is 509 g/mol. The van der Waals surface area contributed by atoms with Gasteiger partial charge in [0, 0.05) is 13.6 Å². The molecule has 0 saturated heterocycles. The van der Waals surface area contributed by atoms with E-state index in [9.17, 15) is 18.0 Å². The predicted octanol–water partition coefficient (Wildman–Crippen LogP) is 3.44. The third-order valence-electron chi connectivity index (χ3n) is 5.66. The molecule has 0 fully saturated rings. The van der Waals surface area contributed by atoms with Crippen molar-refractivity contribution in [2.24, 2.45) is 0 Å². The van der Waals surface area contributed by atoms with Crippen molar-refractivity contribution in [1.29, 1.82) is 0 Å². The van der Waals surface area contributed by atoms with E-state index >= 15 is 0 Å². The first-order valence-corrected chi connectivity index (χ1v) is 13.1. The van der Waals surface area contributed by atoms with E-state index in [4.69, 9.17) is 4.74 Å². The van der Waals surface area contributed by atoms with Crippen LogP contribution in [-0.2, 0) is 26.2 Å². The summed E-state index contributed by atoms with van der Waals surface area (Å²) in [7, 11) is -2.59. The zero-order chi connectivity index (χ0) is 26.1. The third kappa shape index (κ3) is 6.42. The number of benzene rings is 3. The summed E-state index contributed by atoms with van der Waals surface area (Å²) in [5, 5.41) is 2.57. The molecule has 1 N–H and O–H groups in total. The van der Waals surface area contributed by atoms with E-state index in [2.05, 4.69) is 5.32 Å². The van der Waals surface area contributed by atoms with Gasteiger partial charge in [0.1, 0.15) is 18.3 Å². The standard InChI is InChI=1S/C27H31N3O5S/c1-4-35-24-17-15-23(16-18-24)30(36(33,34)25-13-9-6-10-14-25)20-26(31)29(21(2)27(32)28-3)19-22-11-7-5-8-12-22/h5-18,21H,4,19-20H2,1-3H3,(H,28,32)/t21-/m1/s1. The fourth-order valence-corrected chi connectivity index (χ4v) is 5.13. The average Bonchev–Trinajstić information content (AvgIpc) is 2.91. The second-order valence-corrected chi connectivity index (χ2v) is 9.91. The van der Waals surface area contributed by atoms with Gasteiger partial charge in [-0.25, -0.2) is 8.42 Å². The van der Waals surface area contributed by atoms with Crippen molar-refractivity contribution in [3.63, 3.8) is 0 Å². The van der Waals surface area contributed by atoms with E-state index in [-0.39, 0.29) is 17.3 Å². The first-order valence-electron chi connectivity index (χ1n) is 11.6. The molecule has 190 valence electrons. The van der Waals surface area contributed by atoms with Gasteiger partial charge in [-0.15, -0.1) is 0 Å². The van der Waals surface area contributed by atoms with Crippen LogP contribution in [0.2, 0.25) is 0 Å². The van der Waals surface area contributed by atoms with Crippen LogP contribution in [0.4, 0.5) is 5.69 Å². The molecule has 3 rings (SSSR count). The van der Waals surface area contributed by atoms with E-state index in [1.54, 1.807) is 49.4 Å². The molecule has 0 spiro atoms. The lowest BCUT2D eigenvalue weighted by Gasteiger charge is -2.31. The maximum Gasteiger partial charge on any atom is 0.264 e. The maximum atomic E-state index is 13.7. The van der Waals surface area contributed by atoms with Gasteiger partial charge in [-0.2, -0.15) is 0 Å². The molecule has 0 aliphatic rings. The molecule has 0 heterocycles. The Balaban J connectivity index is 2.00. The van der Waals surface area contributed by atoms with Gasteiger partial charge in [0.05, 0.1) is 17.2 Å². The van der Waals surface area contributed by atoms with Crippen molar-refractivity contribution in [2.75, 3.05) is 24.5 Å². The minimum atomic E-state index is -4.09. The van der Waals surface area contributed by atoms with Crippen LogP contribution in [0, 0.1) is 0 Å². The summed E-state index contributed by atoms with van der Waals surface area (Å²) >= 11 is 0. The fraction of sp³-hybridized carbons (Fsp3) is 0.259.